The van der Waals surface area contributed by atoms with Crippen molar-refractivity contribution in [3.8, 4) is 5.75 Å². The van der Waals surface area contributed by atoms with Crippen LogP contribution in [0, 0.1) is 0 Å². The molecule has 0 radical (unpaired) electrons. The average Bonchev–Trinajstić information content (AvgIpc) is 2.52. The van der Waals surface area contributed by atoms with Crippen molar-refractivity contribution >= 4 is 16.8 Å². The number of methoxy groups -OCH3 is 1. The number of carbonyl (C=O) groups is 1. The molecule has 1 amide bonds. The number of ether oxygens (including phenoxy) is 1. The van der Waals surface area contributed by atoms with Crippen LogP contribution in [0.4, 0.5) is 0 Å². The number of benzene rings is 1. The molecular weight excluding hydrogens is 280 g/mol. The molecule has 2 aromatic rings. The second kappa shape index (κ2) is 7.11. The van der Waals surface area contributed by atoms with Crippen molar-refractivity contribution in [3.63, 3.8) is 0 Å². The summed E-state index contributed by atoms with van der Waals surface area (Å²) in [6.45, 7) is 4.83. The molecule has 0 aliphatic heterocycles. The highest BCUT2D eigenvalue weighted by molar-refractivity contribution is 5.81. The Morgan fingerprint density at radius 2 is 2.05 bits per heavy atom. The van der Waals surface area contributed by atoms with Gasteiger partial charge in [-0.15, -0.1) is 0 Å². The highest BCUT2D eigenvalue weighted by Gasteiger charge is 2.13. The second-order valence-corrected chi connectivity index (χ2v) is 5.23. The van der Waals surface area contributed by atoms with E-state index in [1.54, 1.807) is 18.1 Å². The number of nitrogens with one attached hydrogen (secondary N) is 1. The van der Waals surface area contributed by atoms with Gasteiger partial charge in [0.2, 0.25) is 5.91 Å². The first kappa shape index (κ1) is 16.1. The van der Waals surface area contributed by atoms with Gasteiger partial charge in [0.25, 0.3) is 5.56 Å². The molecule has 0 spiro atoms. The number of H-pyrrole nitrogens is 1. The van der Waals surface area contributed by atoms with Gasteiger partial charge < -0.3 is 14.6 Å². The Morgan fingerprint density at radius 3 is 2.68 bits per heavy atom. The van der Waals surface area contributed by atoms with Crippen LogP contribution in [0.2, 0.25) is 0 Å². The molecular formula is C17H22N2O3. The fourth-order valence-electron chi connectivity index (χ4n) is 2.42. The van der Waals surface area contributed by atoms with E-state index in [0.717, 1.165) is 17.3 Å². The Hall–Kier alpha value is -2.30. The van der Waals surface area contributed by atoms with Crippen LogP contribution >= 0.6 is 0 Å². The number of hydrogen-bond donors (Lipinski definition) is 1. The Labute approximate surface area is 129 Å². The van der Waals surface area contributed by atoms with Crippen LogP contribution in [-0.4, -0.2) is 29.4 Å². The highest BCUT2D eigenvalue weighted by Crippen LogP contribution is 2.19. The second-order valence-electron chi connectivity index (χ2n) is 5.23. The lowest BCUT2D eigenvalue weighted by atomic mass is 10.1. The van der Waals surface area contributed by atoms with Gasteiger partial charge >= 0.3 is 0 Å². The van der Waals surface area contributed by atoms with Gasteiger partial charge in [0.1, 0.15) is 5.75 Å². The molecule has 0 saturated carbocycles. The summed E-state index contributed by atoms with van der Waals surface area (Å²) in [5.74, 6) is 0.781. The average molecular weight is 302 g/mol. The van der Waals surface area contributed by atoms with Crippen LogP contribution in [0.5, 0.6) is 5.75 Å². The van der Waals surface area contributed by atoms with Crippen molar-refractivity contribution in [2.75, 3.05) is 13.7 Å². The molecule has 5 nitrogen and oxygen atoms in total. The number of hydrogen-bond acceptors (Lipinski definition) is 3. The zero-order valence-corrected chi connectivity index (χ0v) is 13.3. The third-order valence-electron chi connectivity index (χ3n) is 3.69. The number of fused-ring (bicyclic) bond motifs is 1. The van der Waals surface area contributed by atoms with Crippen LogP contribution in [-0.2, 0) is 11.3 Å². The summed E-state index contributed by atoms with van der Waals surface area (Å²) < 4.78 is 5.16. The van der Waals surface area contributed by atoms with Gasteiger partial charge in [-0.1, -0.05) is 6.92 Å². The van der Waals surface area contributed by atoms with E-state index in [4.69, 9.17) is 4.74 Å². The predicted octanol–water partition coefficient (Wildman–Crippen LogP) is 2.69. The summed E-state index contributed by atoms with van der Waals surface area (Å²) in [4.78, 5) is 28.8. The number of amides is 1. The molecule has 1 N–H and O–H groups in total. The van der Waals surface area contributed by atoms with Crippen LogP contribution < -0.4 is 10.3 Å². The number of aromatic amines is 1. The maximum absolute atomic E-state index is 12.2. The smallest absolute Gasteiger partial charge is 0.253 e. The Morgan fingerprint density at radius 1 is 1.27 bits per heavy atom. The fourth-order valence-corrected chi connectivity index (χ4v) is 2.42. The molecule has 1 aromatic carbocycles. The summed E-state index contributed by atoms with van der Waals surface area (Å²) in [7, 11) is 1.59. The van der Waals surface area contributed by atoms with E-state index in [1.165, 1.54) is 0 Å². The van der Waals surface area contributed by atoms with Gasteiger partial charge in [-0.05, 0) is 36.9 Å². The van der Waals surface area contributed by atoms with Gasteiger partial charge in [-0.3, -0.25) is 9.59 Å². The van der Waals surface area contributed by atoms with Gasteiger partial charge in [0.05, 0.1) is 19.2 Å². The van der Waals surface area contributed by atoms with Crippen molar-refractivity contribution in [2.45, 2.75) is 33.2 Å². The molecule has 1 heterocycles. The maximum Gasteiger partial charge on any atom is 0.253 e. The minimum Gasteiger partial charge on any atom is -0.497 e. The molecule has 0 atom stereocenters. The van der Waals surface area contributed by atoms with Crippen LogP contribution in [0.15, 0.2) is 29.1 Å². The van der Waals surface area contributed by atoms with Crippen molar-refractivity contribution in [1.29, 1.82) is 0 Å². The molecule has 0 aliphatic carbocycles. The Bertz CT molecular complexity index is 721. The maximum atomic E-state index is 12.2. The van der Waals surface area contributed by atoms with E-state index < -0.39 is 0 Å². The van der Waals surface area contributed by atoms with Crippen LogP contribution in [0.25, 0.3) is 10.9 Å². The van der Waals surface area contributed by atoms with Crippen LogP contribution in [0.3, 0.4) is 0 Å². The SMILES string of the molecule is CCCC(=O)N(CC)Cc1cc2ccc(OC)cc2[nH]c1=O. The third-order valence-corrected chi connectivity index (χ3v) is 3.69. The summed E-state index contributed by atoms with van der Waals surface area (Å²) in [5, 5.41) is 0.925. The van der Waals surface area contributed by atoms with Gasteiger partial charge in [0.15, 0.2) is 0 Å². The number of carbonyl (C=O) groups excluding carboxylic acids is 1. The fraction of sp³-hybridized carbons (Fsp3) is 0.412. The quantitative estimate of drug-likeness (QED) is 0.892. The summed E-state index contributed by atoms with van der Waals surface area (Å²) >= 11 is 0. The molecule has 0 aliphatic rings. The first-order chi connectivity index (χ1) is 10.6. The molecule has 118 valence electrons. The highest BCUT2D eigenvalue weighted by atomic mass is 16.5. The molecule has 0 unspecified atom stereocenters. The van der Waals surface area contributed by atoms with Crippen LogP contribution in [0.1, 0.15) is 32.3 Å². The van der Waals surface area contributed by atoms with E-state index in [0.29, 0.717) is 30.8 Å². The third kappa shape index (κ3) is 3.47. The lowest BCUT2D eigenvalue weighted by Crippen LogP contribution is -2.32. The van der Waals surface area contributed by atoms with Crippen molar-refractivity contribution < 1.29 is 9.53 Å². The summed E-state index contributed by atoms with van der Waals surface area (Å²) in [6.07, 6.45) is 1.32. The lowest BCUT2D eigenvalue weighted by Gasteiger charge is -2.20. The predicted molar refractivity (Wildman–Crippen MR) is 87.1 cm³/mol. The molecule has 22 heavy (non-hydrogen) atoms. The summed E-state index contributed by atoms with van der Waals surface area (Å²) in [5.41, 5.74) is 1.17. The molecule has 1 aromatic heterocycles. The van der Waals surface area contributed by atoms with E-state index in [2.05, 4.69) is 4.98 Å². The molecule has 0 saturated heterocycles. The Balaban J connectivity index is 2.33. The Kier molecular flexibility index (Phi) is 5.20. The number of aromatic nitrogens is 1. The summed E-state index contributed by atoms with van der Waals surface area (Å²) in [6, 6.07) is 7.39. The molecule has 5 heteroatoms. The number of nitrogens with zero attached hydrogens (tertiary/aromatic N) is 1. The number of pyridine rings is 1. The first-order valence-electron chi connectivity index (χ1n) is 7.56. The van der Waals surface area contributed by atoms with Gasteiger partial charge in [-0.2, -0.15) is 0 Å². The number of rotatable bonds is 6. The topological polar surface area (TPSA) is 62.4 Å². The van der Waals surface area contributed by atoms with Crippen molar-refractivity contribution in [3.05, 3.63) is 40.2 Å². The van der Waals surface area contributed by atoms with Gasteiger partial charge in [-0.25, -0.2) is 0 Å². The molecule has 2 rings (SSSR count). The normalized spacial score (nSPS) is 10.7. The van der Waals surface area contributed by atoms with E-state index >= 15 is 0 Å². The zero-order chi connectivity index (χ0) is 16.1. The lowest BCUT2D eigenvalue weighted by molar-refractivity contribution is -0.131. The van der Waals surface area contributed by atoms with Crippen molar-refractivity contribution in [2.24, 2.45) is 0 Å². The van der Waals surface area contributed by atoms with Gasteiger partial charge in [0, 0.05) is 24.6 Å². The minimum absolute atomic E-state index is 0.0826. The largest absolute Gasteiger partial charge is 0.497 e. The molecule has 0 bridgehead atoms. The van der Waals surface area contributed by atoms with E-state index in [-0.39, 0.29) is 11.5 Å². The zero-order valence-electron chi connectivity index (χ0n) is 13.3. The first-order valence-corrected chi connectivity index (χ1v) is 7.56. The van der Waals surface area contributed by atoms with E-state index in [9.17, 15) is 9.59 Å². The minimum atomic E-state index is -0.163. The standard InChI is InChI=1S/C17H22N2O3/c1-4-6-16(20)19(5-2)11-13-9-12-7-8-14(22-3)10-15(12)18-17(13)21/h7-10H,4-6,11H2,1-3H3,(H,18,21). The van der Waals surface area contributed by atoms with E-state index in [1.807, 2.05) is 32.0 Å². The van der Waals surface area contributed by atoms with Crippen molar-refractivity contribution in [1.82, 2.24) is 9.88 Å². The molecule has 0 fully saturated rings. The monoisotopic (exact) mass is 302 g/mol.